The first-order valence-corrected chi connectivity index (χ1v) is 13.2. The summed E-state index contributed by atoms with van der Waals surface area (Å²) in [4.78, 5) is 24.7. The second kappa shape index (κ2) is 10.2. The van der Waals surface area contributed by atoms with Crippen LogP contribution in [0.3, 0.4) is 0 Å². The average Bonchev–Trinajstić information content (AvgIpc) is 2.87. The fourth-order valence-electron chi connectivity index (χ4n) is 4.18. The van der Waals surface area contributed by atoms with Gasteiger partial charge < -0.3 is 10.2 Å². The number of amides is 1. The van der Waals surface area contributed by atoms with Gasteiger partial charge in [-0.05, 0) is 61.9 Å². The van der Waals surface area contributed by atoms with Crippen LogP contribution < -0.4 is 5.32 Å². The molecule has 4 rings (SSSR count). The van der Waals surface area contributed by atoms with Crippen molar-refractivity contribution in [1.29, 1.82) is 0 Å². The highest BCUT2D eigenvalue weighted by atomic mass is 32.2. The second-order valence-corrected chi connectivity index (χ2v) is 10.3. The minimum Gasteiger partial charge on any atom is -0.322 e. The highest BCUT2D eigenvalue weighted by molar-refractivity contribution is 7.89. The standard InChI is InChI=1S/C25H31N5O3S/c1-4-21-22(5-2)28-24-17-18(7-12-23(24)27-21)25(31)26-19-8-10-20(11-9-19)34(32,33)30-15-13-29(6-3)14-16-30/h7-12,17H,4-6,13-16H2,1-3H3,(H,26,31). The van der Waals surface area contributed by atoms with Crippen LogP contribution in [-0.4, -0.2) is 66.2 Å². The van der Waals surface area contributed by atoms with Crippen LogP contribution in [0.25, 0.3) is 11.0 Å². The van der Waals surface area contributed by atoms with E-state index in [1.807, 2.05) is 13.0 Å². The summed E-state index contributed by atoms with van der Waals surface area (Å²) < 4.78 is 27.5. The fourth-order valence-corrected chi connectivity index (χ4v) is 5.61. The van der Waals surface area contributed by atoms with E-state index in [2.05, 4.69) is 29.0 Å². The van der Waals surface area contributed by atoms with Crippen LogP contribution in [0, 0.1) is 0 Å². The number of piperazine rings is 1. The smallest absolute Gasteiger partial charge is 0.255 e. The highest BCUT2D eigenvalue weighted by Gasteiger charge is 2.28. The van der Waals surface area contributed by atoms with Crippen molar-refractivity contribution in [2.45, 2.75) is 38.5 Å². The lowest BCUT2D eigenvalue weighted by Gasteiger charge is -2.33. The molecule has 1 saturated heterocycles. The van der Waals surface area contributed by atoms with Gasteiger partial charge in [0.25, 0.3) is 5.91 Å². The Bertz CT molecular complexity index is 1280. The molecule has 1 aromatic heterocycles. The fraction of sp³-hybridized carbons (Fsp3) is 0.400. The number of fused-ring (bicyclic) bond motifs is 1. The lowest BCUT2D eigenvalue weighted by atomic mass is 10.1. The number of aryl methyl sites for hydroxylation is 2. The zero-order valence-corrected chi connectivity index (χ0v) is 20.7. The van der Waals surface area contributed by atoms with E-state index in [-0.39, 0.29) is 10.8 Å². The predicted molar refractivity (Wildman–Crippen MR) is 134 cm³/mol. The Morgan fingerprint density at radius 3 is 2.09 bits per heavy atom. The number of carbonyl (C=O) groups excluding carboxylic acids is 1. The molecule has 1 amide bonds. The first-order chi connectivity index (χ1) is 16.3. The molecule has 0 unspecified atom stereocenters. The maximum Gasteiger partial charge on any atom is 0.255 e. The molecule has 1 aliphatic heterocycles. The van der Waals surface area contributed by atoms with Gasteiger partial charge in [-0.3, -0.25) is 4.79 Å². The van der Waals surface area contributed by atoms with Crippen LogP contribution in [0.15, 0.2) is 47.4 Å². The van der Waals surface area contributed by atoms with Gasteiger partial charge in [0.2, 0.25) is 10.0 Å². The number of likely N-dealkylation sites (N-methyl/N-ethyl adjacent to an activating group) is 1. The van der Waals surface area contributed by atoms with E-state index in [0.29, 0.717) is 29.9 Å². The summed E-state index contributed by atoms with van der Waals surface area (Å²) in [6, 6.07) is 11.6. The van der Waals surface area contributed by atoms with Crippen molar-refractivity contribution < 1.29 is 13.2 Å². The number of sulfonamides is 1. The Kier molecular flexibility index (Phi) is 7.25. The number of hydrogen-bond acceptors (Lipinski definition) is 6. The van der Waals surface area contributed by atoms with Gasteiger partial charge in [-0.1, -0.05) is 20.8 Å². The molecule has 0 spiro atoms. The lowest BCUT2D eigenvalue weighted by molar-refractivity contribution is 0.102. The molecular formula is C25H31N5O3S. The summed E-state index contributed by atoms with van der Waals surface area (Å²) in [6.45, 7) is 9.54. The highest BCUT2D eigenvalue weighted by Crippen LogP contribution is 2.21. The molecular weight excluding hydrogens is 450 g/mol. The third kappa shape index (κ3) is 4.96. The molecule has 3 aromatic rings. The second-order valence-electron chi connectivity index (χ2n) is 8.34. The van der Waals surface area contributed by atoms with Gasteiger partial charge in [-0.15, -0.1) is 0 Å². The van der Waals surface area contributed by atoms with Crippen molar-refractivity contribution in [2.75, 3.05) is 38.0 Å². The lowest BCUT2D eigenvalue weighted by Crippen LogP contribution is -2.48. The van der Waals surface area contributed by atoms with Gasteiger partial charge in [-0.25, -0.2) is 18.4 Å². The van der Waals surface area contributed by atoms with Crippen LogP contribution in [0.2, 0.25) is 0 Å². The van der Waals surface area contributed by atoms with Crippen molar-refractivity contribution in [3.63, 3.8) is 0 Å². The largest absolute Gasteiger partial charge is 0.322 e. The van der Waals surface area contributed by atoms with E-state index in [4.69, 9.17) is 4.98 Å². The Labute approximate surface area is 201 Å². The number of anilines is 1. The number of nitrogens with one attached hydrogen (secondary N) is 1. The third-order valence-corrected chi connectivity index (χ3v) is 8.19. The molecule has 1 N–H and O–H groups in total. The van der Waals surface area contributed by atoms with E-state index < -0.39 is 10.0 Å². The van der Waals surface area contributed by atoms with Crippen LogP contribution in [-0.2, 0) is 22.9 Å². The molecule has 8 nitrogen and oxygen atoms in total. The summed E-state index contributed by atoms with van der Waals surface area (Å²) in [6.07, 6.45) is 1.60. The summed E-state index contributed by atoms with van der Waals surface area (Å²) in [5.41, 5.74) is 4.38. The zero-order valence-electron chi connectivity index (χ0n) is 19.9. The SMILES string of the molecule is CCc1nc2ccc(C(=O)Nc3ccc(S(=O)(=O)N4CCN(CC)CC4)cc3)cc2nc1CC. The van der Waals surface area contributed by atoms with Crippen molar-refractivity contribution >= 4 is 32.7 Å². The van der Waals surface area contributed by atoms with Gasteiger partial charge in [0.15, 0.2) is 0 Å². The number of rotatable bonds is 7. The molecule has 34 heavy (non-hydrogen) atoms. The molecule has 0 aliphatic carbocycles. The van der Waals surface area contributed by atoms with Gasteiger partial charge >= 0.3 is 0 Å². The van der Waals surface area contributed by atoms with Gasteiger partial charge in [0.1, 0.15) is 0 Å². The Balaban J connectivity index is 1.48. The Morgan fingerprint density at radius 2 is 1.50 bits per heavy atom. The molecule has 0 saturated carbocycles. The van der Waals surface area contributed by atoms with Crippen molar-refractivity contribution in [3.8, 4) is 0 Å². The molecule has 9 heteroatoms. The van der Waals surface area contributed by atoms with E-state index in [0.717, 1.165) is 49.4 Å². The van der Waals surface area contributed by atoms with Gasteiger partial charge in [-0.2, -0.15) is 4.31 Å². The average molecular weight is 482 g/mol. The number of carbonyl (C=O) groups is 1. The monoisotopic (exact) mass is 481 g/mol. The third-order valence-electron chi connectivity index (χ3n) is 6.28. The van der Waals surface area contributed by atoms with E-state index in [1.165, 1.54) is 4.31 Å². The summed E-state index contributed by atoms with van der Waals surface area (Å²) >= 11 is 0. The molecule has 1 aliphatic rings. The number of aromatic nitrogens is 2. The van der Waals surface area contributed by atoms with Gasteiger partial charge in [0.05, 0.1) is 27.3 Å². The summed E-state index contributed by atoms with van der Waals surface area (Å²) in [7, 11) is -3.55. The Hall–Kier alpha value is -2.88. The minimum absolute atomic E-state index is 0.232. The van der Waals surface area contributed by atoms with E-state index in [1.54, 1.807) is 36.4 Å². The molecule has 0 bridgehead atoms. The zero-order chi connectivity index (χ0) is 24.3. The van der Waals surface area contributed by atoms with E-state index in [9.17, 15) is 13.2 Å². The van der Waals surface area contributed by atoms with Crippen LogP contribution >= 0.6 is 0 Å². The van der Waals surface area contributed by atoms with Crippen LogP contribution in [0.1, 0.15) is 42.5 Å². The normalized spacial score (nSPS) is 15.5. The predicted octanol–water partition coefficient (Wildman–Crippen LogP) is 3.33. The maximum atomic E-state index is 13.0. The molecule has 0 atom stereocenters. The summed E-state index contributed by atoms with van der Waals surface area (Å²) in [5.74, 6) is -0.285. The van der Waals surface area contributed by atoms with Crippen molar-refractivity contribution in [1.82, 2.24) is 19.2 Å². The quantitative estimate of drug-likeness (QED) is 0.556. The molecule has 1 fully saturated rings. The maximum absolute atomic E-state index is 13.0. The number of nitrogens with zero attached hydrogens (tertiary/aromatic N) is 4. The topological polar surface area (TPSA) is 95.5 Å². The molecule has 2 heterocycles. The molecule has 180 valence electrons. The van der Waals surface area contributed by atoms with Crippen LogP contribution in [0.4, 0.5) is 5.69 Å². The first-order valence-electron chi connectivity index (χ1n) is 11.8. The minimum atomic E-state index is -3.55. The first kappa shape index (κ1) is 24.3. The van der Waals surface area contributed by atoms with Crippen LogP contribution in [0.5, 0.6) is 0 Å². The van der Waals surface area contributed by atoms with Crippen molar-refractivity contribution in [3.05, 3.63) is 59.4 Å². The van der Waals surface area contributed by atoms with E-state index >= 15 is 0 Å². The summed E-state index contributed by atoms with van der Waals surface area (Å²) in [5, 5.41) is 2.84. The van der Waals surface area contributed by atoms with Crippen molar-refractivity contribution in [2.24, 2.45) is 0 Å². The number of benzene rings is 2. The Morgan fingerprint density at radius 1 is 0.882 bits per heavy atom. The molecule has 2 aromatic carbocycles. The molecule has 0 radical (unpaired) electrons. The number of hydrogen-bond donors (Lipinski definition) is 1. The van der Waals surface area contributed by atoms with Gasteiger partial charge in [0, 0.05) is 37.4 Å².